The van der Waals surface area contributed by atoms with Crippen molar-refractivity contribution in [2.24, 2.45) is 7.05 Å². The smallest absolute Gasteiger partial charge is 0.348 e. The molecule has 3 aromatic rings. The van der Waals surface area contributed by atoms with E-state index in [1.165, 1.54) is 6.26 Å². The number of rotatable bonds is 11. The quantitative estimate of drug-likeness (QED) is 0.277. The monoisotopic (exact) mass is 535 g/mol. The summed E-state index contributed by atoms with van der Waals surface area (Å²) in [6.07, 6.45) is 1.40. The minimum Gasteiger partial charge on any atom is -0.462 e. The molecule has 36 heavy (non-hydrogen) atoms. The lowest BCUT2D eigenvalue weighted by atomic mass is 10.1. The van der Waals surface area contributed by atoms with Gasteiger partial charge in [0.2, 0.25) is 5.91 Å². The van der Waals surface area contributed by atoms with Crippen LogP contribution in [0.25, 0.3) is 0 Å². The van der Waals surface area contributed by atoms with E-state index in [2.05, 4.69) is 20.8 Å². The number of anilines is 1. The van der Waals surface area contributed by atoms with Gasteiger partial charge in [-0.3, -0.25) is 9.59 Å². The number of nitrogens with zero attached hydrogens (tertiary/aromatic N) is 3. The Morgan fingerprint density at radius 3 is 2.53 bits per heavy atom. The molecule has 0 unspecified atom stereocenters. The number of hydrogen-bond acceptors (Lipinski definition) is 11. The van der Waals surface area contributed by atoms with Crippen molar-refractivity contribution in [1.82, 2.24) is 20.1 Å². The Labute approximate surface area is 214 Å². The van der Waals surface area contributed by atoms with Crippen LogP contribution in [0.1, 0.15) is 55.8 Å². The Balaban J connectivity index is 1.64. The van der Waals surface area contributed by atoms with E-state index in [0.717, 1.165) is 23.1 Å². The molecule has 12 nitrogen and oxygen atoms in total. The maximum absolute atomic E-state index is 12.7. The molecule has 0 aliphatic heterocycles. The zero-order chi connectivity index (χ0) is 26.2. The number of amides is 2. The third kappa shape index (κ3) is 6.31. The Morgan fingerprint density at radius 1 is 1.14 bits per heavy atom. The maximum atomic E-state index is 12.7. The highest BCUT2D eigenvalue weighted by atomic mass is 32.2. The van der Waals surface area contributed by atoms with Crippen molar-refractivity contribution in [1.29, 1.82) is 0 Å². The molecule has 3 aromatic heterocycles. The molecule has 3 heterocycles. The van der Waals surface area contributed by atoms with E-state index in [0.29, 0.717) is 16.5 Å². The first kappa shape index (κ1) is 26.9. The van der Waals surface area contributed by atoms with Gasteiger partial charge >= 0.3 is 11.9 Å². The summed E-state index contributed by atoms with van der Waals surface area (Å²) in [6, 6.07) is 3.16. The molecule has 0 atom stereocenters. The van der Waals surface area contributed by atoms with Gasteiger partial charge in [-0.2, -0.15) is 0 Å². The largest absolute Gasteiger partial charge is 0.462 e. The summed E-state index contributed by atoms with van der Waals surface area (Å²) in [7, 11) is 1.71. The molecular formula is C22H25N5O7S2. The van der Waals surface area contributed by atoms with Gasteiger partial charge < -0.3 is 29.1 Å². The summed E-state index contributed by atoms with van der Waals surface area (Å²) in [5, 5.41) is 14.1. The minimum atomic E-state index is -0.640. The first-order chi connectivity index (χ1) is 17.3. The fraction of sp³-hybridized carbons (Fsp3) is 0.364. The van der Waals surface area contributed by atoms with Crippen LogP contribution in [0.5, 0.6) is 0 Å². The molecular weight excluding hydrogens is 510 g/mol. The van der Waals surface area contributed by atoms with Crippen LogP contribution in [0, 0.1) is 6.92 Å². The number of carbonyl (C=O) groups excluding carboxylic acids is 4. The van der Waals surface area contributed by atoms with Gasteiger partial charge in [0.05, 0.1) is 37.3 Å². The Hall–Kier alpha value is -3.65. The standard InChI is InChI=1S/C22H25N5O7S2/c1-5-32-20(30)16-12(3)17(21(31)33-6-2)36-19(16)24-15(28)11-35-22-26-25-14(27(22)4)10-23-18(29)13-8-7-9-34-13/h7-9H,5-6,10-11H2,1-4H3,(H,23,29)(H,24,28). The summed E-state index contributed by atoms with van der Waals surface area (Å²) in [5.41, 5.74) is 0.505. The summed E-state index contributed by atoms with van der Waals surface area (Å²) >= 11 is 2.08. The molecule has 0 saturated carbocycles. The molecule has 0 aliphatic carbocycles. The van der Waals surface area contributed by atoms with E-state index in [9.17, 15) is 19.2 Å². The topological polar surface area (TPSA) is 155 Å². The number of ether oxygens (including phenoxy) is 2. The zero-order valence-corrected chi connectivity index (χ0v) is 21.7. The lowest BCUT2D eigenvalue weighted by molar-refractivity contribution is -0.113. The van der Waals surface area contributed by atoms with Crippen LogP contribution >= 0.6 is 23.1 Å². The predicted octanol–water partition coefficient (Wildman–Crippen LogP) is 2.79. The summed E-state index contributed by atoms with van der Waals surface area (Å²) in [5.74, 6) is -1.40. The van der Waals surface area contributed by atoms with Crippen molar-refractivity contribution in [3.8, 4) is 0 Å². The van der Waals surface area contributed by atoms with Gasteiger partial charge in [-0.05, 0) is 38.5 Å². The van der Waals surface area contributed by atoms with E-state index in [-0.39, 0.29) is 52.6 Å². The third-order valence-electron chi connectivity index (χ3n) is 4.75. The van der Waals surface area contributed by atoms with Crippen LogP contribution in [0.15, 0.2) is 28.0 Å². The average Bonchev–Trinajstić information content (AvgIpc) is 3.57. The molecule has 0 spiro atoms. The first-order valence-corrected chi connectivity index (χ1v) is 12.7. The van der Waals surface area contributed by atoms with Gasteiger partial charge in [0.25, 0.3) is 5.91 Å². The van der Waals surface area contributed by atoms with Crippen molar-refractivity contribution in [2.75, 3.05) is 24.3 Å². The molecule has 0 saturated heterocycles. The van der Waals surface area contributed by atoms with E-state index < -0.39 is 17.8 Å². The molecule has 0 fully saturated rings. The minimum absolute atomic E-state index is 0.0430. The van der Waals surface area contributed by atoms with Crippen molar-refractivity contribution in [3.05, 3.63) is 46.0 Å². The molecule has 192 valence electrons. The van der Waals surface area contributed by atoms with E-state index in [4.69, 9.17) is 13.9 Å². The predicted molar refractivity (Wildman–Crippen MR) is 131 cm³/mol. The second-order valence-corrected chi connectivity index (χ2v) is 9.12. The number of hydrogen-bond donors (Lipinski definition) is 2. The van der Waals surface area contributed by atoms with E-state index in [1.807, 2.05) is 0 Å². The highest BCUT2D eigenvalue weighted by molar-refractivity contribution is 7.99. The molecule has 0 radical (unpaired) electrons. The van der Waals surface area contributed by atoms with Crippen LogP contribution in [-0.2, 0) is 27.9 Å². The number of furan rings is 1. The Bertz CT molecular complexity index is 1250. The number of esters is 2. The molecule has 2 N–H and O–H groups in total. The van der Waals surface area contributed by atoms with Gasteiger partial charge in [-0.25, -0.2) is 9.59 Å². The highest BCUT2D eigenvalue weighted by Gasteiger charge is 2.27. The Morgan fingerprint density at radius 2 is 1.86 bits per heavy atom. The fourth-order valence-corrected chi connectivity index (χ4v) is 4.85. The number of nitrogens with one attached hydrogen (secondary N) is 2. The van der Waals surface area contributed by atoms with Gasteiger partial charge in [0, 0.05) is 7.05 Å². The van der Waals surface area contributed by atoms with Crippen molar-refractivity contribution in [3.63, 3.8) is 0 Å². The average molecular weight is 536 g/mol. The second-order valence-electron chi connectivity index (χ2n) is 7.16. The van der Waals surface area contributed by atoms with Crippen LogP contribution in [0.2, 0.25) is 0 Å². The van der Waals surface area contributed by atoms with E-state index in [1.54, 1.807) is 44.5 Å². The Kier molecular flexibility index (Phi) is 9.25. The fourth-order valence-electron chi connectivity index (χ4n) is 3.01. The number of thioether (sulfide) groups is 1. The first-order valence-electron chi connectivity index (χ1n) is 10.9. The molecule has 0 bridgehead atoms. The summed E-state index contributed by atoms with van der Waals surface area (Å²) < 4.78 is 16.8. The zero-order valence-electron chi connectivity index (χ0n) is 20.1. The van der Waals surface area contributed by atoms with Crippen LogP contribution in [0.3, 0.4) is 0 Å². The van der Waals surface area contributed by atoms with Gasteiger partial charge in [-0.1, -0.05) is 11.8 Å². The number of carbonyl (C=O) groups is 4. The lowest BCUT2D eigenvalue weighted by Gasteiger charge is -2.07. The second kappa shape index (κ2) is 12.4. The van der Waals surface area contributed by atoms with Crippen LogP contribution in [0.4, 0.5) is 5.00 Å². The third-order valence-corrected chi connectivity index (χ3v) is 6.96. The maximum Gasteiger partial charge on any atom is 0.348 e. The van der Waals surface area contributed by atoms with Gasteiger partial charge in [0.15, 0.2) is 16.7 Å². The molecule has 0 aliphatic rings. The van der Waals surface area contributed by atoms with Crippen molar-refractivity contribution >= 4 is 51.9 Å². The summed E-state index contributed by atoms with van der Waals surface area (Å²) in [4.78, 5) is 49.7. The van der Waals surface area contributed by atoms with Gasteiger partial charge in [0.1, 0.15) is 9.88 Å². The van der Waals surface area contributed by atoms with Crippen LogP contribution < -0.4 is 10.6 Å². The normalized spacial score (nSPS) is 10.7. The summed E-state index contributed by atoms with van der Waals surface area (Å²) in [6.45, 7) is 5.38. The molecule has 0 aromatic carbocycles. The molecule has 14 heteroatoms. The highest BCUT2D eigenvalue weighted by Crippen LogP contribution is 2.34. The van der Waals surface area contributed by atoms with Gasteiger partial charge in [-0.15, -0.1) is 21.5 Å². The van der Waals surface area contributed by atoms with E-state index >= 15 is 0 Å². The SMILES string of the molecule is CCOC(=O)c1sc(NC(=O)CSc2nnc(CNC(=O)c3ccco3)n2C)c(C(=O)OCC)c1C. The van der Waals surface area contributed by atoms with Crippen molar-refractivity contribution in [2.45, 2.75) is 32.5 Å². The van der Waals surface area contributed by atoms with Crippen LogP contribution in [-0.4, -0.2) is 57.5 Å². The number of aromatic nitrogens is 3. The lowest BCUT2D eigenvalue weighted by Crippen LogP contribution is -2.24. The van der Waals surface area contributed by atoms with Crippen molar-refractivity contribution < 1.29 is 33.1 Å². The molecule has 3 rings (SSSR count). The number of thiophene rings is 1. The molecule has 2 amide bonds.